The smallest absolute Gasteiger partial charge is 0.276 e. The summed E-state index contributed by atoms with van der Waals surface area (Å²) in [5.74, 6) is 0.291. The Morgan fingerprint density at radius 1 is 1.06 bits per heavy atom. The minimum Gasteiger partial charge on any atom is -0.497 e. The van der Waals surface area contributed by atoms with E-state index >= 15 is 0 Å². The zero-order valence-electron chi connectivity index (χ0n) is 17.1. The van der Waals surface area contributed by atoms with Gasteiger partial charge in [0.05, 0.1) is 25.1 Å². The number of carbonyl (C=O) groups excluding carboxylic acids is 2. The normalized spacial score (nSPS) is 18.9. The second-order valence-electron chi connectivity index (χ2n) is 7.82. The van der Waals surface area contributed by atoms with Crippen LogP contribution in [0.25, 0.3) is 5.70 Å². The molecule has 0 spiro atoms. The van der Waals surface area contributed by atoms with E-state index in [1.807, 2.05) is 71.7 Å². The molecule has 6 heteroatoms. The number of benzene rings is 2. The number of azo groups is 1. The third-order valence-corrected chi connectivity index (χ3v) is 5.88. The molecule has 6 nitrogen and oxygen atoms in total. The second-order valence-corrected chi connectivity index (χ2v) is 7.82. The van der Waals surface area contributed by atoms with E-state index in [0.717, 1.165) is 28.0 Å². The molecule has 154 valence electrons. The van der Waals surface area contributed by atoms with Gasteiger partial charge in [-0.15, -0.1) is 10.2 Å². The van der Waals surface area contributed by atoms with Gasteiger partial charge in [-0.2, -0.15) is 0 Å². The van der Waals surface area contributed by atoms with Crippen molar-refractivity contribution in [1.82, 2.24) is 4.90 Å². The van der Waals surface area contributed by atoms with Crippen LogP contribution in [0.4, 0.5) is 0 Å². The SMILES string of the molecule is COc1ccc2c(c1)CN(C(=O)Cc1ccc(C3=C4C=CC=CC4C(=O)N=N3)cc1)C2. The fourth-order valence-electron chi connectivity index (χ4n) is 4.17. The van der Waals surface area contributed by atoms with E-state index in [1.54, 1.807) is 7.11 Å². The summed E-state index contributed by atoms with van der Waals surface area (Å²) in [5, 5.41) is 7.94. The lowest BCUT2D eigenvalue weighted by Crippen LogP contribution is -2.26. The van der Waals surface area contributed by atoms with Crippen molar-refractivity contribution in [3.05, 3.63) is 94.6 Å². The number of nitrogens with zero attached hydrogens (tertiary/aromatic N) is 3. The summed E-state index contributed by atoms with van der Waals surface area (Å²) in [4.78, 5) is 26.7. The Hall–Kier alpha value is -3.80. The first-order chi connectivity index (χ1) is 15.1. The first-order valence-corrected chi connectivity index (χ1v) is 10.2. The Morgan fingerprint density at radius 2 is 1.87 bits per heavy atom. The maximum absolute atomic E-state index is 12.8. The number of allylic oxidation sites excluding steroid dienone is 3. The summed E-state index contributed by atoms with van der Waals surface area (Å²) in [7, 11) is 1.65. The largest absolute Gasteiger partial charge is 0.497 e. The van der Waals surface area contributed by atoms with Crippen LogP contribution in [0.3, 0.4) is 0 Å². The molecule has 0 fully saturated rings. The van der Waals surface area contributed by atoms with Crippen molar-refractivity contribution in [2.45, 2.75) is 19.5 Å². The zero-order valence-corrected chi connectivity index (χ0v) is 17.1. The van der Waals surface area contributed by atoms with Crippen molar-refractivity contribution < 1.29 is 14.3 Å². The fourth-order valence-corrected chi connectivity index (χ4v) is 4.17. The van der Waals surface area contributed by atoms with Crippen molar-refractivity contribution in [3.8, 4) is 5.75 Å². The summed E-state index contributed by atoms with van der Waals surface area (Å²) in [6, 6.07) is 13.7. The lowest BCUT2D eigenvalue weighted by molar-refractivity contribution is -0.131. The van der Waals surface area contributed by atoms with E-state index in [-0.39, 0.29) is 17.7 Å². The number of carbonyl (C=O) groups is 2. The number of methoxy groups -OCH3 is 1. The molecule has 0 saturated heterocycles. The Bertz CT molecular complexity index is 1190. The summed E-state index contributed by atoms with van der Waals surface area (Å²) in [6.07, 6.45) is 7.84. The number of hydrogen-bond donors (Lipinski definition) is 0. The van der Waals surface area contributed by atoms with Crippen LogP contribution < -0.4 is 4.74 Å². The quantitative estimate of drug-likeness (QED) is 0.756. The first-order valence-electron chi connectivity index (χ1n) is 10.2. The number of rotatable bonds is 4. The van der Waals surface area contributed by atoms with E-state index < -0.39 is 0 Å². The zero-order chi connectivity index (χ0) is 21.4. The minimum atomic E-state index is -0.367. The van der Waals surface area contributed by atoms with Crippen LogP contribution in [0.5, 0.6) is 5.75 Å². The lowest BCUT2D eigenvalue weighted by atomic mass is 9.89. The monoisotopic (exact) mass is 411 g/mol. The van der Waals surface area contributed by atoms with Gasteiger partial charge in [-0.3, -0.25) is 9.59 Å². The van der Waals surface area contributed by atoms with Gasteiger partial charge < -0.3 is 9.64 Å². The summed E-state index contributed by atoms with van der Waals surface area (Å²) >= 11 is 0. The van der Waals surface area contributed by atoms with E-state index in [0.29, 0.717) is 25.2 Å². The molecule has 2 aromatic rings. The van der Waals surface area contributed by atoms with E-state index in [2.05, 4.69) is 10.2 Å². The molecular formula is C25H21N3O3. The molecule has 1 aliphatic carbocycles. The summed E-state index contributed by atoms with van der Waals surface area (Å²) in [5.41, 5.74) is 5.68. The molecule has 3 aliphatic rings. The van der Waals surface area contributed by atoms with Gasteiger partial charge in [0.1, 0.15) is 5.75 Å². The van der Waals surface area contributed by atoms with Gasteiger partial charge in [-0.05, 0) is 34.4 Å². The fraction of sp³-hybridized carbons (Fsp3) is 0.200. The van der Waals surface area contributed by atoms with Gasteiger partial charge in [0.2, 0.25) is 5.91 Å². The number of ether oxygens (including phenoxy) is 1. The van der Waals surface area contributed by atoms with E-state index in [9.17, 15) is 9.59 Å². The molecule has 2 heterocycles. The molecule has 0 radical (unpaired) electrons. The Balaban J connectivity index is 1.30. The van der Waals surface area contributed by atoms with Crippen molar-refractivity contribution in [2.24, 2.45) is 16.1 Å². The highest BCUT2D eigenvalue weighted by Gasteiger charge is 2.28. The molecule has 2 aliphatic heterocycles. The van der Waals surface area contributed by atoms with Crippen LogP contribution >= 0.6 is 0 Å². The van der Waals surface area contributed by atoms with Crippen LogP contribution in [0.2, 0.25) is 0 Å². The van der Waals surface area contributed by atoms with Gasteiger partial charge in [0, 0.05) is 18.7 Å². The van der Waals surface area contributed by atoms with E-state index in [1.165, 1.54) is 5.56 Å². The maximum atomic E-state index is 12.8. The van der Waals surface area contributed by atoms with Crippen LogP contribution in [-0.2, 0) is 29.1 Å². The van der Waals surface area contributed by atoms with Crippen LogP contribution in [0, 0.1) is 5.92 Å². The standard InChI is InChI=1S/C25H21N3O3/c1-31-20-11-10-18-14-28(15-19(18)13-20)23(29)12-16-6-8-17(9-7-16)24-21-4-2-3-5-22(21)25(30)27-26-24/h2-11,13,22H,12,14-15H2,1H3. The third kappa shape index (κ3) is 3.61. The van der Waals surface area contributed by atoms with Gasteiger partial charge in [-0.25, -0.2) is 0 Å². The van der Waals surface area contributed by atoms with Gasteiger partial charge >= 0.3 is 0 Å². The molecule has 0 saturated carbocycles. The van der Waals surface area contributed by atoms with Crippen molar-refractivity contribution in [3.63, 3.8) is 0 Å². The topological polar surface area (TPSA) is 71.3 Å². The van der Waals surface area contributed by atoms with Crippen molar-refractivity contribution in [2.75, 3.05) is 7.11 Å². The number of amides is 2. The Labute approximate surface area is 180 Å². The molecule has 5 rings (SSSR count). The molecule has 0 bridgehead atoms. The van der Waals surface area contributed by atoms with Gasteiger partial charge in [0.25, 0.3) is 5.91 Å². The summed E-state index contributed by atoms with van der Waals surface area (Å²) < 4.78 is 5.28. The molecule has 31 heavy (non-hydrogen) atoms. The molecule has 1 atom stereocenters. The number of hydrogen-bond acceptors (Lipinski definition) is 4. The average Bonchev–Trinajstić information content (AvgIpc) is 3.24. The molecular weight excluding hydrogens is 390 g/mol. The minimum absolute atomic E-state index is 0.0910. The van der Waals surface area contributed by atoms with Gasteiger partial charge in [-0.1, -0.05) is 54.6 Å². The highest BCUT2D eigenvalue weighted by atomic mass is 16.5. The molecule has 2 amide bonds. The van der Waals surface area contributed by atoms with Crippen molar-refractivity contribution in [1.29, 1.82) is 0 Å². The van der Waals surface area contributed by atoms with Crippen LogP contribution in [0.1, 0.15) is 22.3 Å². The van der Waals surface area contributed by atoms with Gasteiger partial charge in [0.15, 0.2) is 0 Å². The number of fused-ring (bicyclic) bond motifs is 2. The lowest BCUT2D eigenvalue weighted by Gasteiger charge is -2.19. The maximum Gasteiger partial charge on any atom is 0.276 e. The highest BCUT2D eigenvalue weighted by Crippen LogP contribution is 2.34. The third-order valence-electron chi connectivity index (χ3n) is 5.88. The second kappa shape index (κ2) is 7.80. The Morgan fingerprint density at radius 3 is 2.68 bits per heavy atom. The molecule has 2 aromatic carbocycles. The predicted octanol–water partition coefficient (Wildman–Crippen LogP) is 4.23. The van der Waals surface area contributed by atoms with E-state index in [4.69, 9.17) is 4.74 Å². The summed E-state index contributed by atoms with van der Waals surface area (Å²) in [6.45, 7) is 1.23. The first kappa shape index (κ1) is 19.2. The Kier molecular flexibility index (Phi) is 4.82. The molecule has 0 aromatic heterocycles. The van der Waals surface area contributed by atoms with Crippen molar-refractivity contribution >= 4 is 17.5 Å². The molecule has 0 N–H and O–H groups in total. The molecule has 1 unspecified atom stereocenters. The van der Waals surface area contributed by atoms with Crippen LogP contribution in [0.15, 0.2) is 82.6 Å². The van der Waals surface area contributed by atoms with Crippen LogP contribution in [-0.4, -0.2) is 23.8 Å². The highest BCUT2D eigenvalue weighted by molar-refractivity contribution is 5.91. The predicted molar refractivity (Wildman–Crippen MR) is 116 cm³/mol. The average molecular weight is 411 g/mol.